The zero-order chi connectivity index (χ0) is 25.7. The number of nitrogens with one attached hydrogen (secondary N) is 2. The molecule has 1 unspecified atom stereocenters. The van der Waals surface area contributed by atoms with Crippen molar-refractivity contribution >= 4 is 51.2 Å². The topological polar surface area (TPSA) is 144 Å². The van der Waals surface area contributed by atoms with Gasteiger partial charge < -0.3 is 14.8 Å². The van der Waals surface area contributed by atoms with Gasteiger partial charge in [0.05, 0.1) is 16.5 Å². The summed E-state index contributed by atoms with van der Waals surface area (Å²) in [6, 6.07) is 5.80. The van der Waals surface area contributed by atoms with Crippen LogP contribution in [0.2, 0.25) is 0 Å². The summed E-state index contributed by atoms with van der Waals surface area (Å²) in [5.41, 5.74) is 1.22. The number of piperidine rings is 1. The van der Waals surface area contributed by atoms with Crippen molar-refractivity contribution < 1.29 is 14.4 Å². The number of fused-ring (bicyclic) bond motifs is 2. The number of aromatic nitrogens is 5. The summed E-state index contributed by atoms with van der Waals surface area (Å²) in [4.78, 5) is 65.6. The van der Waals surface area contributed by atoms with Gasteiger partial charge in [-0.25, -0.2) is 15.0 Å². The van der Waals surface area contributed by atoms with Crippen molar-refractivity contribution in [3.8, 4) is 0 Å². The minimum atomic E-state index is -0.826. The molecule has 0 radical (unpaired) electrons. The summed E-state index contributed by atoms with van der Waals surface area (Å²) >= 11 is 0. The van der Waals surface area contributed by atoms with E-state index in [1.165, 1.54) is 10.9 Å². The number of carbonyl (C=O) groups is 3. The van der Waals surface area contributed by atoms with Gasteiger partial charge in [-0.05, 0) is 31.5 Å². The fourth-order valence-electron chi connectivity index (χ4n) is 4.61. The molecule has 5 rings (SSSR count). The number of amides is 3. The molecule has 0 aliphatic carbocycles. The van der Waals surface area contributed by atoms with E-state index in [9.17, 15) is 19.2 Å². The number of imide groups is 1. The second kappa shape index (κ2) is 8.56. The number of nitrogens with zero attached hydrogens (tertiary/aromatic N) is 6. The molecule has 0 saturated carbocycles. The third kappa shape index (κ3) is 3.67. The molecule has 1 atom stereocenters. The van der Waals surface area contributed by atoms with Gasteiger partial charge >= 0.3 is 0 Å². The SMILES string of the molecule is Cc1nc2c(NC(=O)c3cc4c(N(C)C)ncnc4n3C)cccc2c(=O)n1C1CCC(=O)NC1=O. The van der Waals surface area contributed by atoms with E-state index in [0.29, 0.717) is 34.2 Å². The Labute approximate surface area is 205 Å². The number of rotatable bonds is 4. The fraction of sp³-hybridized carbons (Fsp3) is 0.292. The van der Waals surface area contributed by atoms with Crippen LogP contribution in [0.3, 0.4) is 0 Å². The minimum Gasteiger partial charge on any atom is -0.362 e. The van der Waals surface area contributed by atoms with Crippen molar-refractivity contribution in [2.75, 3.05) is 24.3 Å². The van der Waals surface area contributed by atoms with Gasteiger partial charge in [-0.1, -0.05) is 6.07 Å². The van der Waals surface area contributed by atoms with Crippen LogP contribution in [0.4, 0.5) is 11.5 Å². The van der Waals surface area contributed by atoms with E-state index in [-0.39, 0.29) is 24.1 Å². The van der Waals surface area contributed by atoms with E-state index < -0.39 is 23.4 Å². The largest absolute Gasteiger partial charge is 0.362 e. The molecule has 3 aromatic heterocycles. The maximum atomic E-state index is 13.4. The van der Waals surface area contributed by atoms with Crippen LogP contribution in [0.25, 0.3) is 21.9 Å². The van der Waals surface area contributed by atoms with E-state index in [1.54, 1.807) is 42.8 Å². The standard InChI is InChI=1S/C24H24N8O4/c1-12-27-19-13(24(36)32(12)16-8-9-18(33)29-22(16)34)6-5-7-15(19)28-23(35)17-10-14-20(30(2)3)25-11-26-21(14)31(17)4/h5-7,10-11,16H,8-9H2,1-4H3,(H,28,35)(H,29,33,34). The molecule has 1 aliphatic heterocycles. The van der Waals surface area contributed by atoms with Crippen molar-refractivity contribution in [2.24, 2.45) is 7.05 Å². The molecular weight excluding hydrogens is 464 g/mol. The molecule has 0 spiro atoms. The summed E-state index contributed by atoms with van der Waals surface area (Å²) in [6.07, 6.45) is 1.81. The quantitative estimate of drug-likeness (QED) is 0.409. The van der Waals surface area contributed by atoms with Gasteiger partial charge in [0.2, 0.25) is 11.8 Å². The molecule has 184 valence electrons. The predicted molar refractivity (Wildman–Crippen MR) is 133 cm³/mol. The normalized spacial score (nSPS) is 15.8. The lowest BCUT2D eigenvalue weighted by Crippen LogP contribution is -2.45. The first-order valence-corrected chi connectivity index (χ1v) is 11.3. The molecule has 1 aliphatic rings. The van der Waals surface area contributed by atoms with Crippen LogP contribution in [-0.2, 0) is 16.6 Å². The highest BCUT2D eigenvalue weighted by Crippen LogP contribution is 2.27. The molecule has 36 heavy (non-hydrogen) atoms. The lowest BCUT2D eigenvalue weighted by Gasteiger charge is -2.24. The lowest BCUT2D eigenvalue weighted by atomic mass is 10.1. The zero-order valence-corrected chi connectivity index (χ0v) is 20.2. The highest BCUT2D eigenvalue weighted by Gasteiger charge is 2.30. The molecule has 1 saturated heterocycles. The summed E-state index contributed by atoms with van der Waals surface area (Å²) in [5, 5.41) is 6.12. The van der Waals surface area contributed by atoms with Gasteiger partial charge in [0.15, 0.2) is 0 Å². The highest BCUT2D eigenvalue weighted by atomic mass is 16.2. The van der Waals surface area contributed by atoms with Crippen molar-refractivity contribution in [3.63, 3.8) is 0 Å². The predicted octanol–water partition coefficient (Wildman–Crippen LogP) is 1.28. The first-order valence-electron chi connectivity index (χ1n) is 11.3. The smallest absolute Gasteiger partial charge is 0.272 e. The van der Waals surface area contributed by atoms with Gasteiger partial charge in [-0.2, -0.15) is 0 Å². The second-order valence-corrected chi connectivity index (χ2v) is 8.87. The molecular formula is C24H24N8O4. The van der Waals surface area contributed by atoms with Gasteiger partial charge in [0.1, 0.15) is 40.9 Å². The molecule has 1 fully saturated rings. The Morgan fingerprint density at radius 1 is 1.17 bits per heavy atom. The third-order valence-electron chi connectivity index (χ3n) is 6.34. The zero-order valence-electron chi connectivity index (χ0n) is 20.2. The Morgan fingerprint density at radius 3 is 2.67 bits per heavy atom. The fourth-order valence-corrected chi connectivity index (χ4v) is 4.61. The van der Waals surface area contributed by atoms with Crippen molar-refractivity contribution in [1.82, 2.24) is 29.4 Å². The average Bonchev–Trinajstić information content (AvgIpc) is 3.17. The van der Waals surface area contributed by atoms with Crippen LogP contribution < -0.4 is 21.1 Å². The van der Waals surface area contributed by atoms with E-state index in [4.69, 9.17) is 0 Å². The summed E-state index contributed by atoms with van der Waals surface area (Å²) in [7, 11) is 5.47. The Morgan fingerprint density at radius 2 is 1.94 bits per heavy atom. The molecule has 2 N–H and O–H groups in total. The Bertz CT molecular complexity index is 1630. The van der Waals surface area contributed by atoms with Crippen LogP contribution >= 0.6 is 0 Å². The van der Waals surface area contributed by atoms with Gasteiger partial charge in [0, 0.05) is 27.6 Å². The second-order valence-electron chi connectivity index (χ2n) is 8.87. The molecule has 3 amide bonds. The van der Waals surface area contributed by atoms with Crippen LogP contribution in [0.15, 0.2) is 35.4 Å². The van der Waals surface area contributed by atoms with Crippen molar-refractivity contribution in [1.29, 1.82) is 0 Å². The maximum Gasteiger partial charge on any atom is 0.272 e. The van der Waals surface area contributed by atoms with Crippen molar-refractivity contribution in [3.05, 3.63) is 52.5 Å². The first-order chi connectivity index (χ1) is 17.2. The van der Waals surface area contributed by atoms with Gasteiger partial charge in [0.25, 0.3) is 11.5 Å². The minimum absolute atomic E-state index is 0.140. The van der Waals surface area contributed by atoms with Gasteiger partial charge in [-0.3, -0.25) is 29.1 Å². The first kappa shape index (κ1) is 23.1. The number of hydrogen-bond donors (Lipinski definition) is 2. The Hall–Kier alpha value is -4.61. The molecule has 4 aromatic rings. The third-order valence-corrected chi connectivity index (χ3v) is 6.34. The number of aryl methyl sites for hydroxylation is 2. The molecule has 0 bridgehead atoms. The van der Waals surface area contributed by atoms with Crippen LogP contribution in [0.5, 0.6) is 0 Å². The van der Waals surface area contributed by atoms with E-state index in [2.05, 4.69) is 25.6 Å². The molecule has 12 heteroatoms. The maximum absolute atomic E-state index is 13.4. The molecule has 1 aromatic carbocycles. The van der Waals surface area contributed by atoms with Gasteiger partial charge in [-0.15, -0.1) is 0 Å². The lowest BCUT2D eigenvalue weighted by molar-refractivity contribution is -0.135. The van der Waals surface area contributed by atoms with Crippen LogP contribution in [-0.4, -0.2) is 55.9 Å². The van der Waals surface area contributed by atoms with Crippen LogP contribution in [0.1, 0.15) is 35.2 Å². The molecule has 12 nitrogen and oxygen atoms in total. The monoisotopic (exact) mass is 488 g/mol. The number of hydrogen-bond acceptors (Lipinski definition) is 8. The van der Waals surface area contributed by atoms with Crippen molar-refractivity contribution in [2.45, 2.75) is 25.8 Å². The number of benzene rings is 1. The Balaban J connectivity index is 1.55. The number of carbonyl (C=O) groups excluding carboxylic acids is 3. The summed E-state index contributed by atoms with van der Waals surface area (Å²) in [6.45, 7) is 1.62. The van der Waals surface area contributed by atoms with Crippen LogP contribution in [0, 0.1) is 6.92 Å². The number of anilines is 2. The summed E-state index contributed by atoms with van der Waals surface area (Å²) < 4.78 is 2.99. The highest BCUT2D eigenvalue weighted by molar-refractivity contribution is 6.10. The van der Waals surface area contributed by atoms with E-state index >= 15 is 0 Å². The molecule has 4 heterocycles. The Kier molecular flexibility index (Phi) is 5.50. The average molecular weight is 489 g/mol. The van der Waals surface area contributed by atoms with E-state index in [0.717, 1.165) is 5.39 Å². The summed E-state index contributed by atoms with van der Waals surface area (Å²) in [5.74, 6) is -0.303. The van der Waals surface area contributed by atoms with E-state index in [1.807, 2.05) is 19.0 Å². The number of para-hydroxylation sites is 1.